The van der Waals surface area contributed by atoms with Gasteiger partial charge >= 0.3 is 0 Å². The zero-order valence-corrected chi connectivity index (χ0v) is 12.2. The lowest BCUT2D eigenvalue weighted by atomic mass is 10.2. The van der Waals surface area contributed by atoms with Crippen molar-refractivity contribution >= 4 is 16.0 Å². The summed E-state index contributed by atoms with van der Waals surface area (Å²) >= 11 is 0. The molecular weight excluding hydrogens is 264 g/mol. The number of hydrogen-bond donors (Lipinski definition) is 3. The number of rotatable bonds is 5. The van der Waals surface area contributed by atoms with Crippen LogP contribution >= 0.6 is 0 Å². The van der Waals surface area contributed by atoms with Gasteiger partial charge in [0.05, 0.1) is 4.90 Å². The van der Waals surface area contributed by atoms with Crippen LogP contribution in [0.2, 0.25) is 0 Å². The molecule has 1 rings (SSSR count). The molecule has 0 saturated carbocycles. The van der Waals surface area contributed by atoms with Gasteiger partial charge in [-0.15, -0.1) is 0 Å². The summed E-state index contributed by atoms with van der Waals surface area (Å²) < 4.78 is 26.4. The Balaban J connectivity index is 2.50. The van der Waals surface area contributed by atoms with Crippen molar-refractivity contribution in [2.45, 2.75) is 11.8 Å². The van der Waals surface area contributed by atoms with E-state index in [1.165, 1.54) is 0 Å². The number of nitrogens with zero attached hydrogens (tertiary/aromatic N) is 1. The lowest BCUT2D eigenvalue weighted by Gasteiger charge is -2.10. The van der Waals surface area contributed by atoms with Crippen molar-refractivity contribution in [3.63, 3.8) is 0 Å². The maximum atomic E-state index is 11.9. The number of aliphatic imine (C=N–C) groups is 1. The fraction of sp³-hybridized carbons (Fsp3) is 0.417. The van der Waals surface area contributed by atoms with E-state index >= 15 is 0 Å². The van der Waals surface area contributed by atoms with Crippen molar-refractivity contribution in [3.8, 4) is 0 Å². The molecule has 0 heterocycles. The minimum absolute atomic E-state index is 0.274. The molecule has 0 fully saturated rings. The van der Waals surface area contributed by atoms with Crippen LogP contribution in [0.25, 0.3) is 0 Å². The highest BCUT2D eigenvalue weighted by Crippen LogP contribution is 2.09. The summed E-state index contributed by atoms with van der Waals surface area (Å²) in [6.45, 7) is 2.66. The highest BCUT2D eigenvalue weighted by molar-refractivity contribution is 7.89. The third-order valence-corrected chi connectivity index (χ3v) is 3.98. The monoisotopic (exact) mass is 284 g/mol. The Kier molecular flexibility index (Phi) is 5.78. The molecule has 106 valence electrons. The van der Waals surface area contributed by atoms with Crippen molar-refractivity contribution in [1.29, 1.82) is 0 Å². The van der Waals surface area contributed by atoms with E-state index in [1.54, 1.807) is 38.4 Å². The molecule has 0 aliphatic rings. The van der Waals surface area contributed by atoms with E-state index in [-0.39, 0.29) is 11.4 Å². The van der Waals surface area contributed by atoms with Crippen molar-refractivity contribution in [3.05, 3.63) is 29.8 Å². The average Bonchev–Trinajstić information content (AvgIpc) is 2.39. The molecule has 0 atom stereocenters. The topological polar surface area (TPSA) is 82.6 Å². The van der Waals surface area contributed by atoms with Gasteiger partial charge in [0, 0.05) is 27.2 Å². The first-order valence-electron chi connectivity index (χ1n) is 5.94. The van der Waals surface area contributed by atoms with Crippen LogP contribution in [0.4, 0.5) is 0 Å². The molecule has 1 aromatic carbocycles. The van der Waals surface area contributed by atoms with Gasteiger partial charge in [-0.25, -0.2) is 13.1 Å². The first-order chi connectivity index (χ1) is 8.99. The Labute approximate surface area is 114 Å². The molecule has 1 aromatic rings. The molecule has 3 N–H and O–H groups in total. The van der Waals surface area contributed by atoms with Crippen LogP contribution in [0.1, 0.15) is 5.56 Å². The number of guanidine groups is 1. The molecule has 19 heavy (non-hydrogen) atoms. The van der Waals surface area contributed by atoms with Crippen molar-refractivity contribution < 1.29 is 8.42 Å². The van der Waals surface area contributed by atoms with Gasteiger partial charge < -0.3 is 10.6 Å². The summed E-state index contributed by atoms with van der Waals surface area (Å²) in [5, 5.41) is 5.81. The number of aryl methyl sites for hydroxylation is 1. The van der Waals surface area contributed by atoms with Crippen LogP contribution in [-0.4, -0.2) is 41.6 Å². The lowest BCUT2D eigenvalue weighted by Crippen LogP contribution is -2.39. The second-order valence-electron chi connectivity index (χ2n) is 3.96. The summed E-state index contributed by atoms with van der Waals surface area (Å²) in [6.07, 6.45) is 0. The van der Waals surface area contributed by atoms with Gasteiger partial charge in [-0.05, 0) is 19.1 Å². The van der Waals surface area contributed by atoms with E-state index in [2.05, 4.69) is 20.3 Å². The van der Waals surface area contributed by atoms with E-state index in [0.717, 1.165) is 5.56 Å². The first-order valence-corrected chi connectivity index (χ1v) is 7.42. The smallest absolute Gasteiger partial charge is 0.240 e. The Morgan fingerprint density at radius 2 is 1.84 bits per heavy atom. The Bertz CT molecular complexity index is 523. The number of benzene rings is 1. The molecular formula is C12H20N4O2S. The fourth-order valence-corrected chi connectivity index (χ4v) is 2.48. The fourth-order valence-electron chi connectivity index (χ4n) is 1.45. The largest absolute Gasteiger partial charge is 0.359 e. The van der Waals surface area contributed by atoms with Gasteiger partial charge in [-0.1, -0.05) is 17.7 Å². The maximum absolute atomic E-state index is 11.9. The van der Waals surface area contributed by atoms with Gasteiger partial charge in [0.2, 0.25) is 10.0 Å². The van der Waals surface area contributed by atoms with Crippen LogP contribution in [0.5, 0.6) is 0 Å². The molecule has 0 saturated heterocycles. The first kappa shape index (κ1) is 15.5. The zero-order chi connectivity index (χ0) is 14.3. The minimum Gasteiger partial charge on any atom is -0.359 e. The van der Waals surface area contributed by atoms with Gasteiger partial charge in [0.15, 0.2) is 5.96 Å². The van der Waals surface area contributed by atoms with E-state index in [4.69, 9.17) is 0 Å². The summed E-state index contributed by atoms with van der Waals surface area (Å²) in [4.78, 5) is 4.20. The maximum Gasteiger partial charge on any atom is 0.240 e. The minimum atomic E-state index is -3.44. The lowest BCUT2D eigenvalue weighted by molar-refractivity contribution is 0.580. The van der Waals surface area contributed by atoms with Crippen LogP contribution in [0.15, 0.2) is 34.2 Å². The predicted molar refractivity (Wildman–Crippen MR) is 76.8 cm³/mol. The molecule has 7 heteroatoms. The van der Waals surface area contributed by atoms with E-state index in [1.807, 2.05) is 6.92 Å². The molecule has 0 radical (unpaired) electrons. The normalized spacial score (nSPS) is 12.3. The average molecular weight is 284 g/mol. The van der Waals surface area contributed by atoms with Gasteiger partial charge in [0.1, 0.15) is 0 Å². The standard InChI is InChI=1S/C12H20N4O2S/c1-10-4-6-11(7-5-10)19(17,18)16-9-8-15-12(13-2)14-3/h4-7,16H,8-9H2,1-3H3,(H2,13,14,15). The summed E-state index contributed by atoms with van der Waals surface area (Å²) in [5.74, 6) is 0.620. The Morgan fingerprint density at radius 3 is 2.37 bits per heavy atom. The zero-order valence-electron chi connectivity index (χ0n) is 11.4. The summed E-state index contributed by atoms with van der Waals surface area (Å²) in [5.41, 5.74) is 1.03. The second-order valence-corrected chi connectivity index (χ2v) is 5.73. The molecule has 0 spiro atoms. The van der Waals surface area contributed by atoms with Gasteiger partial charge in [-0.3, -0.25) is 4.99 Å². The second kappa shape index (κ2) is 7.10. The van der Waals surface area contributed by atoms with E-state index in [0.29, 0.717) is 12.5 Å². The molecule has 0 amide bonds. The van der Waals surface area contributed by atoms with Gasteiger partial charge in [-0.2, -0.15) is 0 Å². The Morgan fingerprint density at radius 1 is 1.21 bits per heavy atom. The highest BCUT2D eigenvalue weighted by Gasteiger charge is 2.12. The van der Waals surface area contributed by atoms with Crippen LogP contribution < -0.4 is 15.4 Å². The highest BCUT2D eigenvalue weighted by atomic mass is 32.2. The summed E-state index contributed by atoms with van der Waals surface area (Å²) in [7, 11) is -0.0487. The molecule has 0 aliphatic heterocycles. The number of nitrogens with one attached hydrogen (secondary N) is 3. The van der Waals surface area contributed by atoms with Crippen LogP contribution in [-0.2, 0) is 10.0 Å². The van der Waals surface area contributed by atoms with Gasteiger partial charge in [0.25, 0.3) is 0 Å². The van der Waals surface area contributed by atoms with E-state index in [9.17, 15) is 8.42 Å². The third kappa shape index (κ3) is 4.88. The molecule has 0 bridgehead atoms. The SMILES string of the molecule is CN=C(NC)NCCNS(=O)(=O)c1ccc(C)cc1. The van der Waals surface area contributed by atoms with Crippen LogP contribution in [0.3, 0.4) is 0 Å². The third-order valence-electron chi connectivity index (χ3n) is 2.50. The van der Waals surface area contributed by atoms with Crippen molar-refractivity contribution in [2.24, 2.45) is 4.99 Å². The quantitative estimate of drug-likeness (QED) is 0.406. The number of hydrogen-bond acceptors (Lipinski definition) is 3. The Hall–Kier alpha value is -1.60. The molecule has 0 unspecified atom stereocenters. The predicted octanol–water partition coefficient (Wildman–Crippen LogP) is 0.0681. The van der Waals surface area contributed by atoms with Crippen molar-refractivity contribution in [1.82, 2.24) is 15.4 Å². The number of sulfonamides is 1. The molecule has 0 aliphatic carbocycles. The van der Waals surface area contributed by atoms with Crippen LogP contribution in [0, 0.1) is 6.92 Å². The summed E-state index contributed by atoms with van der Waals surface area (Å²) in [6, 6.07) is 6.74. The molecule has 6 nitrogen and oxygen atoms in total. The van der Waals surface area contributed by atoms with Crippen molar-refractivity contribution in [2.75, 3.05) is 27.2 Å². The molecule has 0 aromatic heterocycles. The van der Waals surface area contributed by atoms with E-state index < -0.39 is 10.0 Å².